The number of hydrogen-bond acceptors (Lipinski definition) is 2. The van der Waals surface area contributed by atoms with E-state index in [0.29, 0.717) is 0 Å². The van der Waals surface area contributed by atoms with Gasteiger partial charge in [0.15, 0.2) is 0 Å². The van der Waals surface area contributed by atoms with E-state index in [-0.39, 0.29) is 0 Å². The highest BCUT2D eigenvalue weighted by molar-refractivity contribution is 5.81. The molecule has 0 aliphatic heterocycles. The zero-order valence-corrected chi connectivity index (χ0v) is 7.52. The normalized spacial score (nSPS) is 11.8. The van der Waals surface area contributed by atoms with Crippen LogP contribution in [0.4, 0.5) is 0 Å². The van der Waals surface area contributed by atoms with Gasteiger partial charge in [-0.15, -0.1) is 0 Å². The third kappa shape index (κ3) is 5.60. The van der Waals surface area contributed by atoms with Crippen molar-refractivity contribution in [2.24, 2.45) is 5.10 Å². The molecule has 0 saturated heterocycles. The molecule has 0 saturated carbocycles. The van der Waals surface area contributed by atoms with Crippen LogP contribution in [0, 0.1) is 0 Å². The summed E-state index contributed by atoms with van der Waals surface area (Å²) in [6, 6.07) is 0. The molecule has 0 atom stereocenters. The fourth-order valence-electron chi connectivity index (χ4n) is 0.824. The molecule has 2 nitrogen and oxygen atoms in total. The van der Waals surface area contributed by atoms with Crippen molar-refractivity contribution in [1.29, 1.82) is 0 Å². The van der Waals surface area contributed by atoms with Crippen LogP contribution in [0.2, 0.25) is 0 Å². The van der Waals surface area contributed by atoms with Crippen molar-refractivity contribution in [3.05, 3.63) is 0 Å². The molecule has 0 amide bonds. The highest BCUT2D eigenvalue weighted by atomic mass is 15.4. The third-order valence-corrected chi connectivity index (χ3v) is 1.26. The van der Waals surface area contributed by atoms with E-state index in [9.17, 15) is 0 Å². The van der Waals surface area contributed by atoms with Crippen LogP contribution in [0.5, 0.6) is 0 Å². The summed E-state index contributed by atoms with van der Waals surface area (Å²) in [4.78, 5) is 0. The number of rotatable bonds is 4. The van der Waals surface area contributed by atoms with Gasteiger partial charge >= 0.3 is 0 Å². The van der Waals surface area contributed by atoms with Gasteiger partial charge < -0.3 is 5.01 Å². The first-order chi connectivity index (χ1) is 4.66. The van der Waals surface area contributed by atoms with Crippen molar-refractivity contribution >= 4 is 5.71 Å². The molecule has 60 valence electrons. The summed E-state index contributed by atoms with van der Waals surface area (Å²) in [5.41, 5.74) is 1.23. The lowest BCUT2D eigenvalue weighted by Crippen LogP contribution is -2.06. The second-order valence-electron chi connectivity index (χ2n) is 2.79. The summed E-state index contributed by atoms with van der Waals surface area (Å²) in [6.45, 7) is 4.28. The Morgan fingerprint density at radius 3 is 2.40 bits per heavy atom. The minimum absolute atomic E-state index is 1.13. The molecular formula is C8H18N2. The van der Waals surface area contributed by atoms with Gasteiger partial charge in [0.1, 0.15) is 0 Å². The van der Waals surface area contributed by atoms with E-state index in [1.165, 1.54) is 18.6 Å². The van der Waals surface area contributed by atoms with Crippen molar-refractivity contribution in [3.63, 3.8) is 0 Å². The predicted octanol–water partition coefficient (Wildman–Crippen LogP) is 2.11. The minimum atomic E-state index is 1.13. The van der Waals surface area contributed by atoms with Crippen LogP contribution in [0.15, 0.2) is 5.10 Å². The fraction of sp³-hybridized carbons (Fsp3) is 0.875. The molecule has 0 aromatic heterocycles. The van der Waals surface area contributed by atoms with Crippen LogP contribution in [-0.2, 0) is 0 Å². The van der Waals surface area contributed by atoms with Crippen LogP contribution in [0.25, 0.3) is 0 Å². The monoisotopic (exact) mass is 142 g/mol. The van der Waals surface area contributed by atoms with Crippen molar-refractivity contribution < 1.29 is 0 Å². The van der Waals surface area contributed by atoms with Crippen LogP contribution in [0.1, 0.15) is 33.1 Å². The van der Waals surface area contributed by atoms with Crippen LogP contribution < -0.4 is 0 Å². The summed E-state index contributed by atoms with van der Waals surface area (Å²) in [7, 11) is 3.91. The second-order valence-corrected chi connectivity index (χ2v) is 2.79. The Labute approximate surface area is 63.9 Å². The summed E-state index contributed by atoms with van der Waals surface area (Å²) in [6.07, 6.45) is 3.64. The summed E-state index contributed by atoms with van der Waals surface area (Å²) >= 11 is 0. The molecule has 0 radical (unpaired) electrons. The average Bonchev–Trinajstić information content (AvgIpc) is 1.82. The SMILES string of the molecule is CCCC/C(C)=N/N(C)C. The standard InChI is InChI=1S/C8H18N2/c1-5-6-7-8(2)9-10(3)4/h5-7H2,1-4H3/b9-8+. The largest absolute Gasteiger partial charge is 0.303 e. The second kappa shape index (κ2) is 5.27. The Morgan fingerprint density at radius 1 is 1.40 bits per heavy atom. The van der Waals surface area contributed by atoms with Gasteiger partial charge in [-0.1, -0.05) is 13.3 Å². The van der Waals surface area contributed by atoms with E-state index in [4.69, 9.17) is 0 Å². The van der Waals surface area contributed by atoms with Gasteiger partial charge in [0, 0.05) is 19.8 Å². The molecule has 0 aromatic rings. The molecule has 10 heavy (non-hydrogen) atoms. The van der Waals surface area contributed by atoms with Gasteiger partial charge in [0.05, 0.1) is 0 Å². The van der Waals surface area contributed by atoms with Gasteiger partial charge in [0.2, 0.25) is 0 Å². The van der Waals surface area contributed by atoms with Crippen LogP contribution >= 0.6 is 0 Å². The van der Waals surface area contributed by atoms with Crippen molar-refractivity contribution in [2.45, 2.75) is 33.1 Å². The number of hydrogen-bond donors (Lipinski definition) is 0. The maximum absolute atomic E-state index is 4.26. The van der Waals surface area contributed by atoms with Crippen molar-refractivity contribution in [1.82, 2.24) is 5.01 Å². The molecule has 0 unspecified atom stereocenters. The van der Waals surface area contributed by atoms with Gasteiger partial charge in [-0.3, -0.25) is 0 Å². The minimum Gasteiger partial charge on any atom is -0.303 e. The van der Waals surface area contributed by atoms with Crippen molar-refractivity contribution in [3.8, 4) is 0 Å². The lowest BCUT2D eigenvalue weighted by atomic mass is 10.2. The Bertz CT molecular complexity index is 106. The Balaban J connectivity index is 3.49. The fourth-order valence-corrected chi connectivity index (χ4v) is 0.824. The Kier molecular flexibility index (Phi) is 4.99. The van der Waals surface area contributed by atoms with E-state index in [2.05, 4.69) is 18.9 Å². The highest BCUT2D eigenvalue weighted by Gasteiger charge is 1.90. The van der Waals surface area contributed by atoms with Crippen molar-refractivity contribution in [2.75, 3.05) is 14.1 Å². The maximum atomic E-state index is 4.26. The van der Waals surface area contributed by atoms with E-state index < -0.39 is 0 Å². The molecular weight excluding hydrogens is 124 g/mol. The Hall–Kier alpha value is -0.530. The zero-order valence-electron chi connectivity index (χ0n) is 7.52. The molecule has 0 aromatic carbocycles. The molecule has 0 heterocycles. The molecule has 0 aliphatic carbocycles. The topological polar surface area (TPSA) is 15.6 Å². The average molecular weight is 142 g/mol. The van der Waals surface area contributed by atoms with E-state index in [0.717, 1.165) is 6.42 Å². The van der Waals surface area contributed by atoms with E-state index in [1.54, 1.807) is 0 Å². The quantitative estimate of drug-likeness (QED) is 0.433. The molecule has 0 fully saturated rings. The first-order valence-electron chi connectivity index (χ1n) is 3.88. The van der Waals surface area contributed by atoms with E-state index >= 15 is 0 Å². The van der Waals surface area contributed by atoms with Gasteiger partial charge in [0.25, 0.3) is 0 Å². The first kappa shape index (κ1) is 9.47. The molecule has 0 N–H and O–H groups in total. The smallest absolute Gasteiger partial charge is 0.0349 e. The van der Waals surface area contributed by atoms with E-state index in [1.807, 2.05) is 19.1 Å². The number of unbranched alkanes of at least 4 members (excludes halogenated alkanes) is 1. The Morgan fingerprint density at radius 2 is 2.00 bits per heavy atom. The maximum Gasteiger partial charge on any atom is 0.0349 e. The first-order valence-corrected chi connectivity index (χ1v) is 3.88. The predicted molar refractivity (Wildman–Crippen MR) is 46.3 cm³/mol. The van der Waals surface area contributed by atoms with Gasteiger partial charge in [-0.2, -0.15) is 5.10 Å². The van der Waals surface area contributed by atoms with Crippen LogP contribution in [-0.4, -0.2) is 24.8 Å². The highest BCUT2D eigenvalue weighted by Crippen LogP contribution is 1.96. The zero-order chi connectivity index (χ0) is 7.98. The molecule has 0 rings (SSSR count). The summed E-state index contributed by atoms with van der Waals surface area (Å²) in [5, 5.41) is 6.12. The van der Waals surface area contributed by atoms with Gasteiger partial charge in [-0.25, -0.2) is 0 Å². The van der Waals surface area contributed by atoms with Gasteiger partial charge in [-0.05, 0) is 19.8 Å². The molecule has 0 bridgehead atoms. The molecule has 0 aliphatic rings. The van der Waals surface area contributed by atoms with Crippen LogP contribution in [0.3, 0.4) is 0 Å². The molecule has 0 spiro atoms. The molecule has 2 heteroatoms. The summed E-state index contributed by atoms with van der Waals surface area (Å²) < 4.78 is 0. The third-order valence-electron chi connectivity index (χ3n) is 1.26. The lowest BCUT2D eigenvalue weighted by molar-refractivity contribution is 0.435. The summed E-state index contributed by atoms with van der Waals surface area (Å²) in [5.74, 6) is 0. The number of nitrogens with zero attached hydrogens (tertiary/aromatic N) is 2. The lowest BCUT2D eigenvalue weighted by Gasteiger charge is -2.05. The number of hydrazone groups is 1.